The molecule has 0 unspecified atom stereocenters. The van der Waals surface area contributed by atoms with Crippen LogP contribution in [0.1, 0.15) is 0 Å². The molecule has 28 heavy (non-hydrogen) atoms. The van der Waals surface area contributed by atoms with E-state index in [4.69, 9.17) is 0 Å². The Labute approximate surface area is 162 Å². The molecule has 0 saturated carbocycles. The summed E-state index contributed by atoms with van der Waals surface area (Å²) in [7, 11) is -9.53. The fraction of sp³-hybridized carbons (Fsp3) is 0. The van der Waals surface area contributed by atoms with Crippen LogP contribution in [0.5, 0.6) is 0 Å². The Morgan fingerprint density at radius 2 is 0.857 bits per heavy atom. The molecule has 0 amide bonds. The summed E-state index contributed by atoms with van der Waals surface area (Å²) in [6.07, 6.45) is 0. The highest BCUT2D eigenvalue weighted by Crippen LogP contribution is 2.30. The maximum atomic E-state index is 13.0. The largest absolute Gasteiger partial charge is 0.369 e. The second-order valence-corrected chi connectivity index (χ2v) is 10.1. The molecular formula is C21H14O5S2. The third-order valence-corrected chi connectivity index (χ3v) is 8.58. The van der Waals surface area contributed by atoms with Crippen molar-refractivity contribution in [2.24, 2.45) is 0 Å². The molecule has 4 aromatic rings. The van der Waals surface area contributed by atoms with E-state index in [1.165, 1.54) is 24.3 Å². The van der Waals surface area contributed by atoms with Crippen molar-refractivity contribution in [1.82, 2.24) is 0 Å². The van der Waals surface area contributed by atoms with E-state index < -0.39 is 24.1 Å². The first-order valence-electron chi connectivity index (χ1n) is 8.33. The van der Waals surface area contributed by atoms with Crippen LogP contribution in [-0.4, -0.2) is 21.3 Å². The van der Waals surface area contributed by atoms with Gasteiger partial charge in [0.05, 0.1) is 9.79 Å². The van der Waals surface area contributed by atoms with Crippen LogP contribution in [0.15, 0.2) is 94.7 Å². The van der Waals surface area contributed by atoms with Crippen LogP contribution in [0.25, 0.3) is 21.5 Å². The van der Waals surface area contributed by atoms with Crippen molar-refractivity contribution >= 4 is 45.7 Å². The molecule has 0 aromatic heterocycles. The molecule has 7 heteroatoms. The second-order valence-electron chi connectivity index (χ2n) is 6.21. The van der Waals surface area contributed by atoms with Gasteiger partial charge in [0.2, 0.25) is 0 Å². The average Bonchev–Trinajstić information content (AvgIpc) is 2.72. The Balaban J connectivity index is 1.92. The summed E-state index contributed by atoms with van der Waals surface area (Å²) in [5, 5.41) is 1.79. The molecule has 0 N–H and O–H groups in total. The average molecular weight is 410 g/mol. The minimum Gasteiger partial charge on any atom is -0.262 e. The predicted octanol–water partition coefficient (Wildman–Crippen LogP) is 4.36. The lowest BCUT2D eigenvalue weighted by atomic mass is 10.1. The number of rotatable bonds is 2. The first-order chi connectivity index (χ1) is 13.3. The molecule has 0 aliphatic heterocycles. The lowest BCUT2D eigenvalue weighted by molar-refractivity contribution is 0.273. The maximum absolute atomic E-state index is 13.0. The molecule has 0 spiro atoms. The monoisotopic (exact) mass is 410 g/mol. The lowest BCUT2D eigenvalue weighted by Crippen LogP contribution is -2.23. The topological polar surface area (TPSA) is 85.3 Å². The Kier molecular flexibility index (Phi) is 4.28. The number of hydrogen-bond acceptors (Lipinski definition) is 5. The molecule has 0 aliphatic carbocycles. The van der Waals surface area contributed by atoms with Crippen molar-refractivity contribution < 1.29 is 21.6 Å². The Morgan fingerprint density at radius 3 is 1.29 bits per heavy atom. The summed E-state index contributed by atoms with van der Waals surface area (Å²) in [5.74, 6) is 0. The van der Waals surface area contributed by atoms with Gasteiger partial charge in [-0.1, -0.05) is 72.8 Å². The molecule has 4 aromatic carbocycles. The zero-order valence-electron chi connectivity index (χ0n) is 14.4. The van der Waals surface area contributed by atoms with E-state index in [1.54, 1.807) is 60.7 Å². The molecule has 0 saturated heterocycles. The molecule has 0 atom stereocenters. The Morgan fingerprint density at radius 1 is 0.500 bits per heavy atom. The Hall–Kier alpha value is -3.03. The summed E-state index contributed by atoms with van der Waals surface area (Å²) in [6, 6.07) is 22.0. The van der Waals surface area contributed by atoms with Crippen LogP contribution in [0.4, 0.5) is 4.79 Å². The van der Waals surface area contributed by atoms with Crippen molar-refractivity contribution in [1.29, 1.82) is 0 Å². The van der Waals surface area contributed by atoms with Gasteiger partial charge in [-0.3, -0.25) is 4.79 Å². The highest BCUT2D eigenvalue weighted by Gasteiger charge is 2.39. The molecule has 0 radical (unpaired) electrons. The quantitative estimate of drug-likeness (QED) is 0.490. The minimum atomic E-state index is -4.77. The van der Waals surface area contributed by atoms with Gasteiger partial charge in [0.25, 0.3) is 19.7 Å². The second kappa shape index (κ2) is 6.54. The highest BCUT2D eigenvalue weighted by molar-refractivity contribution is 8.31. The highest BCUT2D eigenvalue weighted by atomic mass is 32.3. The number of hydrogen-bond donors (Lipinski definition) is 0. The van der Waals surface area contributed by atoms with E-state index in [2.05, 4.69) is 0 Å². The number of sulfone groups is 2. The van der Waals surface area contributed by atoms with E-state index in [9.17, 15) is 21.6 Å². The molecule has 0 bridgehead atoms. The normalized spacial score (nSPS) is 12.3. The van der Waals surface area contributed by atoms with E-state index in [0.717, 1.165) is 0 Å². The van der Waals surface area contributed by atoms with Crippen LogP contribution in [0.3, 0.4) is 0 Å². The van der Waals surface area contributed by atoms with Gasteiger partial charge < -0.3 is 0 Å². The third kappa shape index (κ3) is 2.80. The lowest BCUT2D eigenvalue weighted by Gasteiger charge is -2.10. The predicted molar refractivity (Wildman–Crippen MR) is 108 cm³/mol. The van der Waals surface area contributed by atoms with Crippen molar-refractivity contribution in [2.45, 2.75) is 9.79 Å². The van der Waals surface area contributed by atoms with Gasteiger partial charge >= 0.3 is 4.45 Å². The van der Waals surface area contributed by atoms with E-state index in [0.29, 0.717) is 21.5 Å². The van der Waals surface area contributed by atoms with Gasteiger partial charge in [0.15, 0.2) is 0 Å². The van der Waals surface area contributed by atoms with Crippen molar-refractivity contribution in [2.75, 3.05) is 0 Å². The van der Waals surface area contributed by atoms with Crippen molar-refractivity contribution in [3.8, 4) is 0 Å². The molecule has 0 heterocycles. The minimum absolute atomic E-state index is 0.298. The summed E-state index contributed by atoms with van der Waals surface area (Å²) >= 11 is 0. The number of carbonyl (C=O) groups is 1. The van der Waals surface area contributed by atoms with Crippen LogP contribution in [-0.2, 0) is 19.7 Å². The first-order valence-corrected chi connectivity index (χ1v) is 11.3. The van der Waals surface area contributed by atoms with Crippen LogP contribution >= 0.6 is 0 Å². The molecule has 140 valence electrons. The van der Waals surface area contributed by atoms with Gasteiger partial charge in [0.1, 0.15) is 0 Å². The van der Waals surface area contributed by atoms with Crippen LogP contribution < -0.4 is 0 Å². The molecule has 0 aliphatic rings. The third-order valence-electron chi connectivity index (χ3n) is 4.52. The SMILES string of the molecule is O=C(S(=O)(=O)c1cccc2ccccc12)S(=O)(=O)c1cccc2ccccc12. The molecule has 5 nitrogen and oxygen atoms in total. The van der Waals surface area contributed by atoms with E-state index in [1.807, 2.05) is 0 Å². The van der Waals surface area contributed by atoms with Gasteiger partial charge in [-0.25, -0.2) is 16.8 Å². The van der Waals surface area contributed by atoms with Gasteiger partial charge in [-0.05, 0) is 22.9 Å². The fourth-order valence-corrected chi connectivity index (χ4v) is 6.70. The standard InChI is InChI=1S/C21H14O5S2/c22-21(27(23,24)19-13-5-9-15-7-1-3-11-17(15)19)28(25,26)20-14-6-10-16-8-2-4-12-18(16)20/h1-14H. The summed E-state index contributed by atoms with van der Waals surface area (Å²) in [4.78, 5) is 12.2. The smallest absolute Gasteiger partial charge is 0.262 e. The summed E-state index contributed by atoms with van der Waals surface area (Å²) < 4.78 is 50.1. The molecule has 4 rings (SSSR count). The number of carbonyl (C=O) groups excluding carboxylic acids is 1. The van der Waals surface area contributed by atoms with Gasteiger partial charge in [0, 0.05) is 10.8 Å². The Bertz CT molecular complexity index is 1330. The zero-order valence-corrected chi connectivity index (χ0v) is 16.1. The maximum Gasteiger partial charge on any atom is 0.369 e. The van der Waals surface area contributed by atoms with E-state index in [-0.39, 0.29) is 9.79 Å². The van der Waals surface area contributed by atoms with Gasteiger partial charge in [-0.2, -0.15) is 0 Å². The van der Waals surface area contributed by atoms with Crippen LogP contribution in [0, 0.1) is 0 Å². The fourth-order valence-electron chi connectivity index (χ4n) is 3.18. The number of fused-ring (bicyclic) bond motifs is 2. The zero-order chi connectivity index (χ0) is 19.9. The van der Waals surface area contributed by atoms with E-state index >= 15 is 0 Å². The van der Waals surface area contributed by atoms with Crippen LogP contribution in [0.2, 0.25) is 0 Å². The van der Waals surface area contributed by atoms with Gasteiger partial charge in [-0.15, -0.1) is 0 Å². The molecule has 0 fully saturated rings. The van der Waals surface area contributed by atoms with Crippen molar-refractivity contribution in [3.63, 3.8) is 0 Å². The first kappa shape index (κ1) is 18.3. The molecular weight excluding hydrogens is 396 g/mol. The summed E-state index contributed by atoms with van der Waals surface area (Å²) in [5.41, 5.74) is 0. The van der Waals surface area contributed by atoms with Crippen molar-refractivity contribution in [3.05, 3.63) is 84.9 Å². The number of benzene rings is 4. The summed E-state index contributed by atoms with van der Waals surface area (Å²) in [6.45, 7) is 0.